The van der Waals surface area contributed by atoms with Crippen molar-refractivity contribution in [1.29, 1.82) is 0 Å². The number of nitrogens with two attached hydrogens (primary N) is 1. The number of nitrogen functional groups attached to an aromatic ring is 1. The van der Waals surface area contributed by atoms with E-state index in [1.54, 1.807) is 11.3 Å². The van der Waals surface area contributed by atoms with Crippen molar-refractivity contribution < 1.29 is 9.90 Å². The van der Waals surface area contributed by atoms with Crippen LogP contribution in [0.2, 0.25) is 0 Å². The second-order valence-electron chi connectivity index (χ2n) is 4.46. The summed E-state index contributed by atoms with van der Waals surface area (Å²) in [5, 5.41) is 11.6. The third-order valence-electron chi connectivity index (χ3n) is 2.97. The third-order valence-corrected chi connectivity index (χ3v) is 4.05. The van der Waals surface area contributed by atoms with Crippen molar-refractivity contribution in [2.75, 3.05) is 5.73 Å². The second-order valence-corrected chi connectivity index (χ2v) is 5.35. The van der Waals surface area contributed by atoms with Crippen LogP contribution in [0.3, 0.4) is 0 Å². The Balaban J connectivity index is 2.09. The number of aryl methyl sites for hydroxylation is 1. The average Bonchev–Trinajstić information content (AvgIpc) is 2.85. The number of aromatic nitrogens is 1. The SMILES string of the molecule is CC(c1ccc(N)cc1)c1nc(CCC(=O)O)cs1. The number of thiazole rings is 1. The Kier molecular flexibility index (Phi) is 4.16. The molecule has 19 heavy (non-hydrogen) atoms. The molecule has 2 rings (SSSR count). The van der Waals surface area contributed by atoms with Gasteiger partial charge in [0, 0.05) is 23.4 Å². The van der Waals surface area contributed by atoms with Crippen LogP contribution in [0.15, 0.2) is 29.6 Å². The Morgan fingerprint density at radius 3 is 2.74 bits per heavy atom. The molecule has 0 fully saturated rings. The Labute approximate surface area is 115 Å². The highest BCUT2D eigenvalue weighted by molar-refractivity contribution is 7.09. The summed E-state index contributed by atoms with van der Waals surface area (Å²) >= 11 is 1.57. The number of nitrogens with zero attached hydrogens (tertiary/aromatic N) is 1. The van der Waals surface area contributed by atoms with Crippen LogP contribution in [0.25, 0.3) is 0 Å². The smallest absolute Gasteiger partial charge is 0.303 e. The molecule has 0 saturated heterocycles. The standard InChI is InChI=1S/C14H16N2O2S/c1-9(10-2-4-11(15)5-3-10)14-16-12(8-19-14)6-7-13(17)18/h2-5,8-9H,6-7,15H2,1H3,(H,17,18). The number of hydrogen-bond acceptors (Lipinski definition) is 4. The van der Waals surface area contributed by atoms with E-state index in [1.165, 1.54) is 0 Å². The zero-order valence-corrected chi connectivity index (χ0v) is 11.5. The van der Waals surface area contributed by atoms with E-state index in [0.29, 0.717) is 6.42 Å². The van der Waals surface area contributed by atoms with Gasteiger partial charge in [0.2, 0.25) is 0 Å². The highest BCUT2D eigenvalue weighted by Crippen LogP contribution is 2.27. The fourth-order valence-corrected chi connectivity index (χ4v) is 2.74. The van der Waals surface area contributed by atoms with Gasteiger partial charge >= 0.3 is 5.97 Å². The number of carboxylic acids is 1. The predicted molar refractivity (Wildman–Crippen MR) is 76.4 cm³/mol. The molecule has 100 valence electrons. The van der Waals surface area contributed by atoms with E-state index in [4.69, 9.17) is 10.8 Å². The monoisotopic (exact) mass is 276 g/mol. The summed E-state index contributed by atoms with van der Waals surface area (Å²) in [6, 6.07) is 7.76. The van der Waals surface area contributed by atoms with Gasteiger partial charge in [0.05, 0.1) is 17.1 Å². The van der Waals surface area contributed by atoms with Crippen LogP contribution < -0.4 is 5.73 Å². The number of aliphatic carboxylic acids is 1. The van der Waals surface area contributed by atoms with Gasteiger partial charge in [0.1, 0.15) is 0 Å². The van der Waals surface area contributed by atoms with Crippen molar-refractivity contribution in [2.45, 2.75) is 25.7 Å². The topological polar surface area (TPSA) is 76.2 Å². The minimum absolute atomic E-state index is 0.124. The fourth-order valence-electron chi connectivity index (χ4n) is 1.80. The molecular weight excluding hydrogens is 260 g/mol. The van der Waals surface area contributed by atoms with Crippen molar-refractivity contribution in [3.05, 3.63) is 45.9 Å². The van der Waals surface area contributed by atoms with Gasteiger partial charge in [0.25, 0.3) is 0 Å². The fraction of sp³-hybridized carbons (Fsp3) is 0.286. The number of rotatable bonds is 5. The molecule has 0 amide bonds. The van der Waals surface area contributed by atoms with Gasteiger partial charge in [-0.1, -0.05) is 19.1 Å². The first kappa shape index (κ1) is 13.5. The van der Waals surface area contributed by atoms with E-state index in [9.17, 15) is 4.79 Å². The van der Waals surface area contributed by atoms with E-state index in [1.807, 2.05) is 29.6 Å². The molecule has 0 radical (unpaired) electrons. The van der Waals surface area contributed by atoms with E-state index < -0.39 is 5.97 Å². The second kappa shape index (κ2) is 5.84. The minimum Gasteiger partial charge on any atom is -0.481 e. The molecule has 1 aromatic heterocycles. The Morgan fingerprint density at radius 2 is 2.11 bits per heavy atom. The maximum atomic E-state index is 10.5. The molecule has 0 spiro atoms. The number of carboxylic acid groups (broad SMARTS) is 1. The summed E-state index contributed by atoms with van der Waals surface area (Å²) in [4.78, 5) is 15.0. The largest absolute Gasteiger partial charge is 0.481 e. The van der Waals surface area contributed by atoms with Crippen molar-refractivity contribution in [1.82, 2.24) is 4.98 Å². The van der Waals surface area contributed by atoms with E-state index >= 15 is 0 Å². The van der Waals surface area contributed by atoms with E-state index in [0.717, 1.165) is 22.0 Å². The van der Waals surface area contributed by atoms with Gasteiger partial charge in [-0.2, -0.15) is 0 Å². The zero-order chi connectivity index (χ0) is 13.8. The molecular formula is C14H16N2O2S. The lowest BCUT2D eigenvalue weighted by molar-refractivity contribution is -0.136. The van der Waals surface area contributed by atoms with Gasteiger partial charge in [-0.05, 0) is 17.7 Å². The highest BCUT2D eigenvalue weighted by atomic mass is 32.1. The van der Waals surface area contributed by atoms with Crippen molar-refractivity contribution >= 4 is 23.0 Å². The van der Waals surface area contributed by atoms with E-state index in [2.05, 4.69) is 11.9 Å². The van der Waals surface area contributed by atoms with Crippen LogP contribution in [-0.4, -0.2) is 16.1 Å². The number of carbonyl (C=O) groups is 1. The van der Waals surface area contributed by atoms with Crippen LogP contribution in [0.4, 0.5) is 5.69 Å². The van der Waals surface area contributed by atoms with Crippen LogP contribution in [-0.2, 0) is 11.2 Å². The predicted octanol–water partition coefficient (Wildman–Crippen LogP) is 2.89. The van der Waals surface area contributed by atoms with E-state index in [-0.39, 0.29) is 12.3 Å². The third kappa shape index (κ3) is 3.54. The molecule has 1 atom stereocenters. The minimum atomic E-state index is -0.791. The maximum absolute atomic E-state index is 10.5. The summed E-state index contributed by atoms with van der Waals surface area (Å²) in [7, 11) is 0. The van der Waals surface area contributed by atoms with Crippen molar-refractivity contribution in [3.8, 4) is 0 Å². The Bertz CT molecular complexity index is 563. The van der Waals surface area contributed by atoms with Gasteiger partial charge in [-0.15, -0.1) is 11.3 Å². The van der Waals surface area contributed by atoms with Crippen LogP contribution in [0.1, 0.15) is 35.5 Å². The summed E-state index contributed by atoms with van der Waals surface area (Å²) in [6.07, 6.45) is 0.611. The molecule has 0 aliphatic rings. The van der Waals surface area contributed by atoms with Crippen LogP contribution in [0, 0.1) is 0 Å². The highest BCUT2D eigenvalue weighted by Gasteiger charge is 2.13. The Morgan fingerprint density at radius 1 is 1.42 bits per heavy atom. The number of anilines is 1. The zero-order valence-electron chi connectivity index (χ0n) is 10.7. The lowest BCUT2D eigenvalue weighted by atomic mass is 10.0. The summed E-state index contributed by atoms with van der Waals surface area (Å²) in [5.74, 6) is -0.592. The first-order valence-corrected chi connectivity index (χ1v) is 6.95. The molecule has 0 bridgehead atoms. The molecule has 4 nitrogen and oxygen atoms in total. The quantitative estimate of drug-likeness (QED) is 0.823. The molecule has 2 aromatic rings. The molecule has 1 heterocycles. The average molecular weight is 276 g/mol. The lowest BCUT2D eigenvalue weighted by Gasteiger charge is -2.08. The summed E-state index contributed by atoms with van der Waals surface area (Å²) < 4.78 is 0. The van der Waals surface area contributed by atoms with Crippen LogP contribution >= 0.6 is 11.3 Å². The number of hydrogen-bond donors (Lipinski definition) is 2. The normalized spacial score (nSPS) is 12.3. The van der Waals surface area contributed by atoms with Crippen LogP contribution in [0.5, 0.6) is 0 Å². The molecule has 0 aliphatic heterocycles. The molecule has 1 aromatic carbocycles. The maximum Gasteiger partial charge on any atom is 0.303 e. The van der Waals surface area contributed by atoms with Gasteiger partial charge < -0.3 is 10.8 Å². The first-order valence-electron chi connectivity index (χ1n) is 6.08. The first-order chi connectivity index (χ1) is 9.06. The van der Waals surface area contributed by atoms with Crippen molar-refractivity contribution in [2.24, 2.45) is 0 Å². The molecule has 3 N–H and O–H groups in total. The summed E-state index contributed by atoms with van der Waals surface area (Å²) in [5.41, 5.74) is 8.43. The molecule has 0 aliphatic carbocycles. The van der Waals surface area contributed by atoms with Gasteiger partial charge in [-0.25, -0.2) is 4.98 Å². The van der Waals surface area contributed by atoms with Gasteiger partial charge in [-0.3, -0.25) is 4.79 Å². The van der Waals surface area contributed by atoms with Crippen molar-refractivity contribution in [3.63, 3.8) is 0 Å². The molecule has 1 unspecified atom stereocenters. The molecule has 0 saturated carbocycles. The van der Waals surface area contributed by atoms with Gasteiger partial charge in [0.15, 0.2) is 0 Å². The Hall–Kier alpha value is -1.88. The summed E-state index contributed by atoms with van der Waals surface area (Å²) in [6.45, 7) is 2.09. The number of benzene rings is 1. The lowest BCUT2D eigenvalue weighted by Crippen LogP contribution is -1.99. The molecule has 5 heteroatoms.